The van der Waals surface area contributed by atoms with E-state index in [0.29, 0.717) is 10.6 Å². The van der Waals surface area contributed by atoms with E-state index in [1.807, 2.05) is 0 Å². The molecule has 0 aromatic carbocycles. The van der Waals surface area contributed by atoms with Crippen molar-refractivity contribution in [1.82, 2.24) is 0 Å². The molecular weight excluding hydrogens is 230 g/mol. The third-order valence-corrected chi connectivity index (χ3v) is 3.58. The van der Waals surface area contributed by atoms with Gasteiger partial charge in [0.15, 0.2) is 0 Å². The van der Waals surface area contributed by atoms with Crippen molar-refractivity contribution in [2.75, 3.05) is 4.90 Å². The predicted molar refractivity (Wildman–Crippen MR) is 57.7 cm³/mol. The van der Waals surface area contributed by atoms with Gasteiger partial charge in [-0.25, -0.2) is 9.69 Å². The first-order chi connectivity index (χ1) is 7.50. The van der Waals surface area contributed by atoms with Crippen molar-refractivity contribution in [2.24, 2.45) is 0 Å². The van der Waals surface area contributed by atoms with E-state index in [-0.39, 0.29) is 29.5 Å². The molecule has 1 N–H and O–H groups in total. The number of aryl methyl sites for hydroxylation is 1. The van der Waals surface area contributed by atoms with Crippen molar-refractivity contribution < 1.29 is 19.5 Å². The molecule has 0 bridgehead atoms. The molecule has 84 valence electrons. The quantitative estimate of drug-likeness (QED) is 0.792. The maximum absolute atomic E-state index is 11.4. The maximum atomic E-state index is 11.4. The van der Waals surface area contributed by atoms with E-state index in [9.17, 15) is 14.4 Å². The highest BCUT2D eigenvalue weighted by Crippen LogP contribution is 2.32. The van der Waals surface area contributed by atoms with E-state index in [1.54, 1.807) is 13.0 Å². The zero-order chi connectivity index (χ0) is 11.9. The lowest BCUT2D eigenvalue weighted by Gasteiger charge is -2.09. The van der Waals surface area contributed by atoms with Crippen LogP contribution < -0.4 is 4.90 Å². The molecule has 1 aromatic rings. The van der Waals surface area contributed by atoms with Crippen LogP contribution in [0.2, 0.25) is 0 Å². The highest BCUT2D eigenvalue weighted by atomic mass is 32.1. The fraction of sp³-hybridized carbons (Fsp3) is 0.300. The molecule has 0 atom stereocenters. The van der Waals surface area contributed by atoms with Crippen LogP contribution in [0.4, 0.5) is 5.00 Å². The summed E-state index contributed by atoms with van der Waals surface area (Å²) in [6.45, 7) is 1.65. The number of hydrogen-bond donors (Lipinski definition) is 1. The number of anilines is 1. The van der Waals surface area contributed by atoms with Gasteiger partial charge in [-0.05, 0) is 18.6 Å². The van der Waals surface area contributed by atoms with Gasteiger partial charge in [0, 0.05) is 12.8 Å². The number of carboxylic acid groups (broad SMARTS) is 1. The summed E-state index contributed by atoms with van der Waals surface area (Å²) >= 11 is 0.957. The van der Waals surface area contributed by atoms with Crippen LogP contribution in [0.5, 0.6) is 0 Å². The summed E-state index contributed by atoms with van der Waals surface area (Å²) in [6, 6.07) is 1.56. The molecule has 1 aliphatic heterocycles. The van der Waals surface area contributed by atoms with Gasteiger partial charge in [0.25, 0.3) is 0 Å². The van der Waals surface area contributed by atoms with E-state index in [0.717, 1.165) is 16.2 Å². The molecule has 0 aliphatic carbocycles. The van der Waals surface area contributed by atoms with Gasteiger partial charge in [-0.3, -0.25) is 9.59 Å². The number of carbonyl (C=O) groups is 3. The molecule has 0 unspecified atom stereocenters. The standard InChI is InChI=1S/C10H9NO4S/c1-5-4-8(16-9(5)10(14)15)11-6(12)2-3-7(11)13/h4H,2-3H2,1H3,(H,14,15). The summed E-state index contributed by atoms with van der Waals surface area (Å²) in [7, 11) is 0. The monoisotopic (exact) mass is 239 g/mol. The highest BCUT2D eigenvalue weighted by Gasteiger charge is 2.32. The Morgan fingerprint density at radius 2 is 1.94 bits per heavy atom. The molecule has 2 heterocycles. The largest absolute Gasteiger partial charge is 0.477 e. The Bertz CT molecular complexity index is 475. The second-order valence-corrected chi connectivity index (χ2v) is 4.56. The van der Waals surface area contributed by atoms with E-state index >= 15 is 0 Å². The number of nitrogens with zero attached hydrogens (tertiary/aromatic N) is 1. The minimum absolute atomic E-state index is 0.169. The molecule has 1 aromatic heterocycles. The van der Waals surface area contributed by atoms with Crippen molar-refractivity contribution in [1.29, 1.82) is 0 Å². The van der Waals surface area contributed by atoms with E-state index < -0.39 is 5.97 Å². The molecule has 2 amide bonds. The number of imide groups is 1. The summed E-state index contributed by atoms with van der Waals surface area (Å²) in [5, 5.41) is 9.28. The first kappa shape index (κ1) is 10.8. The summed E-state index contributed by atoms with van der Waals surface area (Å²) in [6.07, 6.45) is 0.413. The molecule has 16 heavy (non-hydrogen) atoms. The molecule has 6 heteroatoms. The van der Waals surface area contributed by atoms with Crippen LogP contribution >= 0.6 is 11.3 Å². The molecular formula is C10H9NO4S. The third-order valence-electron chi connectivity index (χ3n) is 2.37. The van der Waals surface area contributed by atoms with E-state index in [2.05, 4.69) is 0 Å². The molecule has 0 spiro atoms. The minimum Gasteiger partial charge on any atom is -0.477 e. The molecule has 2 rings (SSSR count). The number of hydrogen-bond acceptors (Lipinski definition) is 4. The zero-order valence-corrected chi connectivity index (χ0v) is 9.34. The fourth-order valence-electron chi connectivity index (χ4n) is 1.61. The van der Waals surface area contributed by atoms with Crippen molar-refractivity contribution in [3.8, 4) is 0 Å². The number of rotatable bonds is 2. The Kier molecular flexibility index (Phi) is 2.51. The van der Waals surface area contributed by atoms with Gasteiger partial charge in [-0.15, -0.1) is 11.3 Å². The van der Waals surface area contributed by atoms with Gasteiger partial charge in [0.1, 0.15) is 9.88 Å². The third kappa shape index (κ3) is 1.61. The van der Waals surface area contributed by atoms with Gasteiger partial charge >= 0.3 is 5.97 Å². The number of aromatic carboxylic acids is 1. The van der Waals surface area contributed by atoms with Gasteiger partial charge < -0.3 is 5.11 Å². The average molecular weight is 239 g/mol. The smallest absolute Gasteiger partial charge is 0.346 e. The van der Waals surface area contributed by atoms with Crippen LogP contribution in [0.3, 0.4) is 0 Å². The van der Waals surface area contributed by atoms with Gasteiger partial charge in [-0.1, -0.05) is 0 Å². The minimum atomic E-state index is -1.03. The van der Waals surface area contributed by atoms with Crippen molar-refractivity contribution in [3.63, 3.8) is 0 Å². The van der Waals surface area contributed by atoms with Crippen LogP contribution in [0, 0.1) is 6.92 Å². The maximum Gasteiger partial charge on any atom is 0.346 e. The Morgan fingerprint density at radius 1 is 1.38 bits per heavy atom. The normalized spacial score (nSPS) is 15.9. The lowest BCUT2D eigenvalue weighted by atomic mass is 10.3. The summed E-state index contributed by atoms with van der Waals surface area (Å²) in [5.74, 6) is -1.56. The van der Waals surface area contributed by atoms with Gasteiger partial charge in [0.05, 0.1) is 0 Å². The number of thiophene rings is 1. The molecule has 1 aliphatic rings. The Labute approximate surface area is 95.3 Å². The summed E-state index contributed by atoms with van der Waals surface area (Å²) in [5.41, 5.74) is 0.569. The number of carbonyl (C=O) groups excluding carboxylic acids is 2. The molecule has 0 saturated carbocycles. The van der Waals surface area contributed by atoms with Crippen LogP contribution in [-0.4, -0.2) is 22.9 Å². The lowest BCUT2D eigenvalue weighted by Crippen LogP contribution is -2.27. The Balaban J connectivity index is 2.41. The summed E-state index contributed by atoms with van der Waals surface area (Å²) in [4.78, 5) is 35.0. The fourth-order valence-corrected chi connectivity index (χ4v) is 2.66. The number of carboxylic acids is 1. The first-order valence-corrected chi connectivity index (χ1v) is 5.52. The van der Waals surface area contributed by atoms with Crippen LogP contribution in [-0.2, 0) is 9.59 Å². The predicted octanol–water partition coefficient (Wildman–Crippen LogP) is 1.41. The van der Waals surface area contributed by atoms with Crippen molar-refractivity contribution in [2.45, 2.75) is 19.8 Å². The molecule has 1 saturated heterocycles. The van der Waals surface area contributed by atoms with E-state index in [1.165, 1.54) is 0 Å². The SMILES string of the molecule is Cc1cc(N2C(=O)CCC2=O)sc1C(=O)O. The van der Waals surface area contributed by atoms with E-state index in [4.69, 9.17) is 5.11 Å². The van der Waals surface area contributed by atoms with Crippen LogP contribution in [0.25, 0.3) is 0 Å². The Hall–Kier alpha value is -1.69. The second-order valence-electron chi connectivity index (χ2n) is 3.52. The Morgan fingerprint density at radius 3 is 2.38 bits per heavy atom. The number of amides is 2. The van der Waals surface area contributed by atoms with Gasteiger partial charge in [-0.2, -0.15) is 0 Å². The van der Waals surface area contributed by atoms with Crippen LogP contribution in [0.15, 0.2) is 6.07 Å². The average Bonchev–Trinajstić information content (AvgIpc) is 2.70. The van der Waals surface area contributed by atoms with Crippen LogP contribution in [0.1, 0.15) is 28.1 Å². The van der Waals surface area contributed by atoms with Crippen molar-refractivity contribution >= 4 is 34.1 Å². The second kappa shape index (κ2) is 3.71. The van der Waals surface area contributed by atoms with Gasteiger partial charge in [0.2, 0.25) is 11.8 Å². The molecule has 0 radical (unpaired) electrons. The topological polar surface area (TPSA) is 74.7 Å². The molecule has 5 nitrogen and oxygen atoms in total. The zero-order valence-electron chi connectivity index (χ0n) is 8.52. The highest BCUT2D eigenvalue weighted by molar-refractivity contribution is 7.18. The molecule has 1 fully saturated rings. The first-order valence-electron chi connectivity index (χ1n) is 4.70. The van der Waals surface area contributed by atoms with Crippen molar-refractivity contribution in [3.05, 3.63) is 16.5 Å². The lowest BCUT2D eigenvalue weighted by molar-refractivity contribution is -0.121. The summed E-state index contributed by atoms with van der Waals surface area (Å²) < 4.78 is 0.